The minimum Gasteiger partial charge on any atom is -0.483 e. The van der Waals surface area contributed by atoms with Crippen molar-refractivity contribution in [2.24, 2.45) is 0 Å². The topological polar surface area (TPSA) is 84.5 Å². The lowest BCUT2D eigenvalue weighted by molar-refractivity contribution is -0.118. The number of carbonyl (C=O) groups excluding carboxylic acids is 1. The van der Waals surface area contributed by atoms with Gasteiger partial charge in [-0.2, -0.15) is 0 Å². The maximum Gasteiger partial charge on any atom is 0.262 e. The summed E-state index contributed by atoms with van der Waals surface area (Å²) in [6.45, 7) is 1.47. The van der Waals surface area contributed by atoms with E-state index in [0.717, 1.165) is 12.8 Å². The SMILES string of the molecule is Cc1cc(S(=O)(=O)NC2CC2)ccc1OCC(=O)Nc1cc(Cl)ccc1Cl. The van der Waals surface area contributed by atoms with Crippen molar-refractivity contribution in [2.75, 3.05) is 11.9 Å². The Morgan fingerprint density at radius 2 is 1.93 bits per heavy atom. The lowest BCUT2D eigenvalue weighted by atomic mass is 10.2. The first-order valence-electron chi connectivity index (χ1n) is 8.25. The van der Waals surface area contributed by atoms with Crippen molar-refractivity contribution in [3.63, 3.8) is 0 Å². The molecule has 0 spiro atoms. The molecule has 0 heterocycles. The van der Waals surface area contributed by atoms with Gasteiger partial charge >= 0.3 is 0 Å². The van der Waals surface area contributed by atoms with Crippen LogP contribution in [-0.4, -0.2) is 27.0 Å². The van der Waals surface area contributed by atoms with Gasteiger partial charge in [-0.25, -0.2) is 13.1 Å². The standard InChI is InChI=1S/C18H18Cl2N2O4S/c1-11-8-14(27(24,25)22-13-3-4-13)5-7-17(11)26-10-18(23)21-16-9-12(19)2-6-15(16)20/h2,5-9,13,22H,3-4,10H2,1H3,(H,21,23). The van der Waals surface area contributed by atoms with Crippen LogP contribution >= 0.6 is 23.2 Å². The lowest BCUT2D eigenvalue weighted by Crippen LogP contribution is -2.25. The Labute approximate surface area is 167 Å². The van der Waals surface area contributed by atoms with E-state index in [9.17, 15) is 13.2 Å². The van der Waals surface area contributed by atoms with Gasteiger partial charge in [0, 0.05) is 11.1 Å². The molecule has 1 fully saturated rings. The lowest BCUT2D eigenvalue weighted by Gasteiger charge is -2.12. The number of benzene rings is 2. The van der Waals surface area contributed by atoms with Crippen LogP contribution in [-0.2, 0) is 14.8 Å². The number of anilines is 1. The molecule has 0 aliphatic heterocycles. The first-order valence-corrected chi connectivity index (χ1v) is 10.5. The first kappa shape index (κ1) is 19.9. The largest absolute Gasteiger partial charge is 0.483 e. The van der Waals surface area contributed by atoms with Crippen molar-refractivity contribution in [3.8, 4) is 5.75 Å². The third kappa shape index (κ3) is 5.35. The third-order valence-electron chi connectivity index (χ3n) is 3.92. The molecule has 0 radical (unpaired) electrons. The van der Waals surface area contributed by atoms with Crippen LogP contribution in [0.4, 0.5) is 5.69 Å². The molecular weight excluding hydrogens is 411 g/mol. The van der Waals surface area contributed by atoms with Crippen LogP contribution in [0.25, 0.3) is 0 Å². The van der Waals surface area contributed by atoms with Crippen LogP contribution in [0.1, 0.15) is 18.4 Å². The normalized spacial score (nSPS) is 14.0. The second kappa shape index (κ2) is 8.06. The van der Waals surface area contributed by atoms with E-state index in [1.807, 2.05) is 0 Å². The number of carbonyl (C=O) groups is 1. The van der Waals surface area contributed by atoms with Gasteiger partial charge in [-0.15, -0.1) is 0 Å². The van der Waals surface area contributed by atoms with E-state index < -0.39 is 15.9 Å². The molecule has 1 aliphatic rings. The van der Waals surface area contributed by atoms with E-state index >= 15 is 0 Å². The van der Waals surface area contributed by atoms with Gasteiger partial charge in [0.25, 0.3) is 5.91 Å². The van der Waals surface area contributed by atoms with Gasteiger partial charge in [0.1, 0.15) is 5.75 Å². The highest BCUT2D eigenvalue weighted by Crippen LogP contribution is 2.27. The number of sulfonamides is 1. The zero-order valence-electron chi connectivity index (χ0n) is 14.5. The smallest absolute Gasteiger partial charge is 0.262 e. The molecular formula is C18H18Cl2N2O4S. The molecule has 0 atom stereocenters. The van der Waals surface area contributed by atoms with Crippen molar-refractivity contribution >= 4 is 44.8 Å². The average Bonchev–Trinajstić information content (AvgIpc) is 3.40. The molecule has 0 aromatic heterocycles. The van der Waals surface area contributed by atoms with Gasteiger partial charge in [-0.3, -0.25) is 4.79 Å². The van der Waals surface area contributed by atoms with Crippen molar-refractivity contribution in [2.45, 2.75) is 30.7 Å². The molecule has 2 N–H and O–H groups in total. The van der Waals surface area contributed by atoms with E-state index in [1.165, 1.54) is 18.2 Å². The Morgan fingerprint density at radius 3 is 2.59 bits per heavy atom. The molecule has 9 heteroatoms. The number of halogens is 2. The molecule has 1 amide bonds. The summed E-state index contributed by atoms with van der Waals surface area (Å²) in [6, 6.07) is 9.29. The second-order valence-corrected chi connectivity index (χ2v) is 8.84. The van der Waals surface area contributed by atoms with Gasteiger partial charge < -0.3 is 10.1 Å². The second-order valence-electron chi connectivity index (χ2n) is 6.28. The Morgan fingerprint density at radius 1 is 1.19 bits per heavy atom. The molecule has 2 aromatic carbocycles. The summed E-state index contributed by atoms with van der Waals surface area (Å²) in [7, 11) is -3.53. The van der Waals surface area contributed by atoms with E-state index in [-0.39, 0.29) is 17.5 Å². The number of aryl methyl sites for hydroxylation is 1. The molecule has 0 saturated heterocycles. The predicted octanol–water partition coefficient (Wildman–Crippen LogP) is 3.76. The summed E-state index contributed by atoms with van der Waals surface area (Å²) in [5, 5.41) is 3.43. The fraction of sp³-hybridized carbons (Fsp3) is 0.278. The molecule has 0 bridgehead atoms. The van der Waals surface area contributed by atoms with Gasteiger partial charge in [-0.05, 0) is 61.7 Å². The van der Waals surface area contributed by atoms with Crippen molar-refractivity contribution < 1.29 is 17.9 Å². The predicted molar refractivity (Wildman–Crippen MR) is 105 cm³/mol. The van der Waals surface area contributed by atoms with Crippen LogP contribution in [0.3, 0.4) is 0 Å². The van der Waals surface area contributed by atoms with Crippen LogP contribution in [0, 0.1) is 6.92 Å². The van der Waals surface area contributed by atoms with Gasteiger partial charge in [0.15, 0.2) is 6.61 Å². The average molecular weight is 429 g/mol. The fourth-order valence-electron chi connectivity index (χ4n) is 2.36. The highest BCUT2D eigenvalue weighted by atomic mass is 35.5. The van der Waals surface area contributed by atoms with Crippen molar-refractivity contribution in [3.05, 3.63) is 52.0 Å². The van der Waals surface area contributed by atoms with Crippen LogP contribution < -0.4 is 14.8 Å². The molecule has 2 aromatic rings. The third-order valence-corrected chi connectivity index (χ3v) is 6.00. The maximum absolute atomic E-state index is 12.2. The number of hydrogen-bond donors (Lipinski definition) is 2. The molecule has 27 heavy (non-hydrogen) atoms. The highest BCUT2D eigenvalue weighted by molar-refractivity contribution is 7.89. The molecule has 144 valence electrons. The summed E-state index contributed by atoms with van der Waals surface area (Å²) in [6.07, 6.45) is 1.73. The minimum atomic E-state index is -3.53. The fourth-order valence-corrected chi connectivity index (χ4v) is 4.09. The summed E-state index contributed by atoms with van der Waals surface area (Å²) in [5.41, 5.74) is 1.00. The highest BCUT2D eigenvalue weighted by Gasteiger charge is 2.28. The number of ether oxygens (including phenoxy) is 1. The summed E-state index contributed by atoms with van der Waals surface area (Å²) < 4.78 is 32.6. The Bertz CT molecular complexity index is 975. The quantitative estimate of drug-likeness (QED) is 0.702. The van der Waals surface area contributed by atoms with E-state index in [0.29, 0.717) is 27.0 Å². The monoisotopic (exact) mass is 428 g/mol. The molecule has 1 aliphatic carbocycles. The number of hydrogen-bond acceptors (Lipinski definition) is 4. The Hall–Kier alpha value is -1.80. The summed E-state index contributed by atoms with van der Waals surface area (Å²) in [5.74, 6) is 0.0124. The van der Waals surface area contributed by atoms with E-state index in [2.05, 4.69) is 10.0 Å². The van der Waals surface area contributed by atoms with Gasteiger partial charge in [-0.1, -0.05) is 23.2 Å². The van der Waals surface area contributed by atoms with Crippen LogP contribution in [0.5, 0.6) is 5.75 Å². The van der Waals surface area contributed by atoms with E-state index in [1.54, 1.807) is 25.1 Å². The number of amides is 1. The van der Waals surface area contributed by atoms with Crippen LogP contribution in [0.2, 0.25) is 10.0 Å². The molecule has 6 nitrogen and oxygen atoms in total. The van der Waals surface area contributed by atoms with Gasteiger partial charge in [0.05, 0.1) is 15.6 Å². The molecule has 0 unspecified atom stereocenters. The summed E-state index contributed by atoms with van der Waals surface area (Å²) >= 11 is 11.9. The number of nitrogens with one attached hydrogen (secondary N) is 2. The molecule has 1 saturated carbocycles. The van der Waals surface area contributed by atoms with Gasteiger partial charge in [0.2, 0.25) is 10.0 Å². The summed E-state index contributed by atoms with van der Waals surface area (Å²) in [4.78, 5) is 12.2. The zero-order valence-corrected chi connectivity index (χ0v) is 16.8. The van der Waals surface area contributed by atoms with Crippen molar-refractivity contribution in [1.82, 2.24) is 4.72 Å². The first-order chi connectivity index (χ1) is 12.7. The molecule has 3 rings (SSSR count). The number of rotatable bonds is 7. The Kier molecular flexibility index (Phi) is 5.95. The minimum absolute atomic E-state index is 0.0354. The van der Waals surface area contributed by atoms with Crippen molar-refractivity contribution in [1.29, 1.82) is 0 Å². The Balaban J connectivity index is 1.62. The van der Waals surface area contributed by atoms with Crippen LogP contribution in [0.15, 0.2) is 41.3 Å². The zero-order chi connectivity index (χ0) is 19.6. The maximum atomic E-state index is 12.2. The van der Waals surface area contributed by atoms with E-state index in [4.69, 9.17) is 27.9 Å².